The summed E-state index contributed by atoms with van der Waals surface area (Å²) >= 11 is 0. The molecular weight excluding hydrogens is 368 g/mol. The number of hydrogen-bond acceptors (Lipinski definition) is 5. The monoisotopic (exact) mass is 392 g/mol. The molecule has 1 aliphatic carbocycles. The lowest BCUT2D eigenvalue weighted by atomic mass is 9.95. The molecule has 4 rings (SSSR count). The van der Waals surface area contributed by atoms with E-state index in [2.05, 4.69) is 11.2 Å². The molecule has 0 saturated carbocycles. The Morgan fingerprint density at radius 3 is 2.72 bits per heavy atom. The van der Waals surface area contributed by atoms with Gasteiger partial charge in [0, 0.05) is 6.42 Å². The molecule has 1 aromatic heterocycles. The van der Waals surface area contributed by atoms with Crippen LogP contribution in [0.3, 0.4) is 0 Å². The second kappa shape index (κ2) is 8.47. The molecule has 6 nitrogen and oxygen atoms in total. The van der Waals surface area contributed by atoms with Crippen LogP contribution < -0.4 is 0 Å². The van der Waals surface area contributed by atoms with E-state index in [0.29, 0.717) is 18.6 Å². The summed E-state index contributed by atoms with van der Waals surface area (Å²) in [7, 11) is 0. The number of carbonyl (C=O) groups excluding carboxylic acids is 2. The first-order chi connectivity index (χ1) is 14.1. The first-order valence-corrected chi connectivity index (χ1v) is 9.93. The Labute approximate surface area is 169 Å². The molecule has 0 bridgehead atoms. The molecule has 0 radical (unpaired) electrons. The Morgan fingerprint density at radius 2 is 2.03 bits per heavy atom. The average Bonchev–Trinajstić information content (AvgIpc) is 3.43. The predicted molar refractivity (Wildman–Crippen MR) is 108 cm³/mol. The highest BCUT2D eigenvalue weighted by Gasteiger charge is 2.35. The smallest absolute Gasteiger partial charge is 0.309 e. The number of furan rings is 1. The summed E-state index contributed by atoms with van der Waals surface area (Å²) < 4.78 is 10.9. The van der Waals surface area contributed by atoms with Crippen molar-refractivity contribution in [2.24, 2.45) is 11.0 Å². The topological polar surface area (TPSA) is 72.1 Å². The van der Waals surface area contributed by atoms with E-state index in [9.17, 15) is 9.59 Å². The Bertz CT molecular complexity index is 928. The van der Waals surface area contributed by atoms with E-state index in [4.69, 9.17) is 9.15 Å². The zero-order valence-electron chi connectivity index (χ0n) is 16.4. The van der Waals surface area contributed by atoms with Gasteiger partial charge in [-0.3, -0.25) is 9.59 Å². The van der Waals surface area contributed by atoms with Crippen molar-refractivity contribution in [3.63, 3.8) is 0 Å². The number of ether oxygens (including phenoxy) is 1. The predicted octanol–water partition coefficient (Wildman–Crippen LogP) is 4.17. The normalized spacial score (nSPS) is 21.1. The number of aryl methyl sites for hydroxylation is 1. The van der Waals surface area contributed by atoms with E-state index in [-0.39, 0.29) is 30.4 Å². The second-order valence-electron chi connectivity index (χ2n) is 7.48. The molecule has 29 heavy (non-hydrogen) atoms. The molecule has 1 amide bonds. The van der Waals surface area contributed by atoms with Crippen LogP contribution in [0.1, 0.15) is 48.6 Å². The number of amides is 1. The molecule has 6 heteroatoms. The highest BCUT2D eigenvalue weighted by atomic mass is 16.5. The quantitative estimate of drug-likeness (QED) is 0.566. The number of hydrazone groups is 1. The maximum Gasteiger partial charge on any atom is 0.309 e. The molecule has 2 aliphatic rings. The van der Waals surface area contributed by atoms with Crippen LogP contribution in [-0.4, -0.2) is 29.2 Å². The minimum atomic E-state index is -0.354. The van der Waals surface area contributed by atoms with Crippen molar-refractivity contribution in [2.75, 3.05) is 6.61 Å². The summed E-state index contributed by atoms with van der Waals surface area (Å²) in [5.74, 6) is -0.181. The van der Waals surface area contributed by atoms with Crippen molar-refractivity contribution in [3.05, 3.63) is 71.7 Å². The zero-order chi connectivity index (χ0) is 20.2. The average molecular weight is 392 g/mol. The maximum absolute atomic E-state index is 12.9. The van der Waals surface area contributed by atoms with Crippen LogP contribution in [0.4, 0.5) is 0 Å². The van der Waals surface area contributed by atoms with Gasteiger partial charge in [0.1, 0.15) is 11.8 Å². The third kappa shape index (κ3) is 4.31. The van der Waals surface area contributed by atoms with E-state index in [1.54, 1.807) is 12.3 Å². The summed E-state index contributed by atoms with van der Waals surface area (Å²) in [4.78, 5) is 25.1. The van der Waals surface area contributed by atoms with Gasteiger partial charge in [-0.2, -0.15) is 5.10 Å². The van der Waals surface area contributed by atoms with Gasteiger partial charge in [0.25, 0.3) is 5.91 Å². The number of hydrogen-bond donors (Lipinski definition) is 0. The minimum Gasteiger partial charge on any atom is -0.467 e. The third-order valence-corrected chi connectivity index (χ3v) is 5.36. The maximum atomic E-state index is 12.9. The van der Waals surface area contributed by atoms with Crippen molar-refractivity contribution in [1.82, 2.24) is 5.01 Å². The number of esters is 1. The lowest BCUT2D eigenvalue weighted by Crippen LogP contribution is -2.32. The number of carbonyl (C=O) groups is 2. The largest absolute Gasteiger partial charge is 0.467 e. The van der Waals surface area contributed by atoms with Gasteiger partial charge in [-0.15, -0.1) is 0 Å². The van der Waals surface area contributed by atoms with Gasteiger partial charge < -0.3 is 9.15 Å². The van der Waals surface area contributed by atoms with E-state index in [0.717, 1.165) is 29.7 Å². The second-order valence-corrected chi connectivity index (χ2v) is 7.48. The van der Waals surface area contributed by atoms with Gasteiger partial charge in [-0.05, 0) is 43.9 Å². The molecule has 0 saturated heterocycles. The molecule has 0 fully saturated rings. The highest BCUT2D eigenvalue weighted by Crippen LogP contribution is 2.33. The fourth-order valence-corrected chi connectivity index (χ4v) is 3.69. The molecule has 0 unspecified atom stereocenters. The Hall–Kier alpha value is -3.15. The van der Waals surface area contributed by atoms with Gasteiger partial charge in [0.15, 0.2) is 6.61 Å². The van der Waals surface area contributed by atoms with E-state index in [1.807, 2.05) is 43.3 Å². The Morgan fingerprint density at radius 1 is 1.21 bits per heavy atom. The first-order valence-electron chi connectivity index (χ1n) is 9.93. The number of nitrogens with zero attached hydrogens (tertiary/aromatic N) is 2. The van der Waals surface area contributed by atoms with Crippen LogP contribution >= 0.6 is 0 Å². The van der Waals surface area contributed by atoms with Crippen LogP contribution in [0.2, 0.25) is 0 Å². The lowest BCUT2D eigenvalue weighted by molar-refractivity contribution is -0.156. The Kier molecular flexibility index (Phi) is 5.60. The summed E-state index contributed by atoms with van der Waals surface area (Å²) in [5.41, 5.74) is 2.93. The summed E-state index contributed by atoms with van der Waals surface area (Å²) in [6.07, 6.45) is 8.48. The van der Waals surface area contributed by atoms with Crippen molar-refractivity contribution >= 4 is 17.6 Å². The van der Waals surface area contributed by atoms with Crippen LogP contribution in [0, 0.1) is 12.8 Å². The molecule has 2 heterocycles. The number of rotatable bonds is 5. The van der Waals surface area contributed by atoms with Gasteiger partial charge >= 0.3 is 5.97 Å². The summed E-state index contributed by atoms with van der Waals surface area (Å²) in [5, 5.41) is 5.94. The fraction of sp³-hybridized carbons (Fsp3) is 0.348. The molecule has 1 aliphatic heterocycles. The van der Waals surface area contributed by atoms with Crippen molar-refractivity contribution in [2.45, 2.75) is 38.6 Å². The molecule has 2 aromatic rings. The van der Waals surface area contributed by atoms with Crippen molar-refractivity contribution < 1.29 is 18.7 Å². The van der Waals surface area contributed by atoms with Gasteiger partial charge in [-0.1, -0.05) is 42.0 Å². The zero-order valence-corrected chi connectivity index (χ0v) is 16.4. The SMILES string of the molecule is Cc1ccc(C2=NN(C(=O)COC(=O)[C@H]3CC=CCC3)[C@@H](c3ccco3)C2)cc1. The molecular formula is C23H24N2O4. The van der Waals surface area contributed by atoms with Crippen molar-refractivity contribution in [3.8, 4) is 0 Å². The molecule has 0 N–H and O–H groups in total. The van der Waals surface area contributed by atoms with Gasteiger partial charge in [0.05, 0.1) is 17.9 Å². The fourth-order valence-electron chi connectivity index (χ4n) is 3.69. The van der Waals surface area contributed by atoms with E-state index < -0.39 is 0 Å². The molecule has 2 atom stereocenters. The number of allylic oxidation sites excluding steroid dienone is 2. The molecule has 150 valence electrons. The Balaban J connectivity index is 1.48. The van der Waals surface area contributed by atoms with Crippen molar-refractivity contribution in [1.29, 1.82) is 0 Å². The minimum absolute atomic E-state index is 0.168. The van der Waals surface area contributed by atoms with Crippen LogP contribution in [0.5, 0.6) is 0 Å². The summed E-state index contributed by atoms with van der Waals surface area (Å²) in [6.45, 7) is 1.71. The van der Waals surface area contributed by atoms with E-state index >= 15 is 0 Å². The van der Waals surface area contributed by atoms with Gasteiger partial charge in [-0.25, -0.2) is 5.01 Å². The highest BCUT2D eigenvalue weighted by molar-refractivity contribution is 6.03. The van der Waals surface area contributed by atoms with Crippen LogP contribution in [-0.2, 0) is 14.3 Å². The van der Waals surface area contributed by atoms with Gasteiger partial charge in [0.2, 0.25) is 0 Å². The van der Waals surface area contributed by atoms with Crippen LogP contribution in [0.15, 0.2) is 64.3 Å². The first kappa shape index (κ1) is 19.2. The summed E-state index contributed by atoms with van der Waals surface area (Å²) in [6, 6.07) is 11.3. The molecule has 1 aromatic carbocycles. The molecule has 0 spiro atoms. The third-order valence-electron chi connectivity index (χ3n) is 5.36. The van der Waals surface area contributed by atoms with E-state index in [1.165, 1.54) is 5.01 Å². The number of benzene rings is 1. The lowest BCUT2D eigenvalue weighted by Gasteiger charge is -2.21. The van der Waals surface area contributed by atoms with Crippen LogP contribution in [0.25, 0.3) is 0 Å². The standard InChI is InChI=1S/C23H24N2O4/c1-16-9-11-17(12-10-16)19-14-20(21-8-5-13-28-21)25(24-19)22(26)15-29-23(27)18-6-3-2-4-7-18/h2-3,5,8-13,18,20H,4,6-7,14-15H2,1H3/t18-,20+/m0/s1.